The quantitative estimate of drug-likeness (QED) is 0.557. The Hall–Kier alpha value is -3.42. The lowest BCUT2D eigenvalue weighted by Crippen LogP contribution is -2.43. The molecule has 0 fully saturated rings. The first-order valence-corrected chi connectivity index (χ1v) is 11.7. The van der Waals surface area contributed by atoms with Gasteiger partial charge in [-0.15, -0.1) is 0 Å². The van der Waals surface area contributed by atoms with Crippen LogP contribution in [0, 0.1) is 6.92 Å². The molecule has 0 N–H and O–H groups in total. The van der Waals surface area contributed by atoms with Crippen LogP contribution in [-0.2, 0) is 0 Å². The Bertz CT molecular complexity index is 1090. The van der Waals surface area contributed by atoms with Crippen LogP contribution in [0.25, 0.3) is 0 Å². The van der Waals surface area contributed by atoms with E-state index in [-0.39, 0.29) is 12.3 Å². The van der Waals surface area contributed by atoms with Crippen LogP contribution in [0.15, 0.2) is 43.0 Å². The van der Waals surface area contributed by atoms with Gasteiger partial charge < -0.3 is 19.6 Å². The average molecular weight is 445 g/mol. The summed E-state index contributed by atoms with van der Waals surface area (Å²) in [6.07, 6.45) is 7.30. The highest BCUT2D eigenvalue weighted by molar-refractivity contribution is 5.85. The summed E-state index contributed by atoms with van der Waals surface area (Å²) in [5, 5.41) is 0. The summed E-state index contributed by atoms with van der Waals surface area (Å²) in [5.74, 6) is 3.66. The fourth-order valence-electron chi connectivity index (χ4n) is 5.42. The van der Waals surface area contributed by atoms with E-state index < -0.39 is 0 Å². The zero-order chi connectivity index (χ0) is 23.4. The van der Waals surface area contributed by atoms with E-state index in [1.165, 1.54) is 5.56 Å². The molecule has 0 aliphatic carbocycles. The molecule has 2 atom stereocenters. The molecule has 3 aromatic rings. The van der Waals surface area contributed by atoms with Gasteiger partial charge >= 0.3 is 0 Å². The minimum Gasteiger partial charge on any atom is -0.330 e. The van der Waals surface area contributed by atoms with Gasteiger partial charge in [-0.25, -0.2) is 19.9 Å². The second-order valence-electron chi connectivity index (χ2n) is 9.33. The predicted octanol–water partition coefficient (Wildman–Crippen LogP) is 5.00. The third-order valence-electron chi connectivity index (χ3n) is 6.73. The predicted molar refractivity (Wildman–Crippen MR) is 134 cm³/mol. The lowest BCUT2D eigenvalue weighted by atomic mass is 10.1. The number of nitrogens with zero attached hydrogens (tertiary/aromatic N) is 8. The molecule has 0 saturated heterocycles. The van der Waals surface area contributed by atoms with Gasteiger partial charge in [0.1, 0.15) is 12.3 Å². The molecule has 4 heterocycles. The summed E-state index contributed by atoms with van der Waals surface area (Å²) in [5.41, 5.74) is 3.44. The van der Waals surface area contributed by atoms with Crippen LogP contribution in [0.3, 0.4) is 0 Å². The molecule has 2 aliphatic heterocycles. The summed E-state index contributed by atoms with van der Waals surface area (Å²) >= 11 is 0. The fraction of sp³-hybridized carbons (Fsp3) is 0.440. The summed E-state index contributed by atoms with van der Waals surface area (Å²) in [7, 11) is 0. The topological polar surface area (TPSA) is 64.5 Å². The Morgan fingerprint density at radius 2 is 1.00 bits per heavy atom. The number of benzene rings is 1. The number of aromatic nitrogens is 4. The molecule has 0 amide bonds. The van der Waals surface area contributed by atoms with Gasteiger partial charge in [-0.05, 0) is 66.2 Å². The molecule has 2 aromatic heterocycles. The molecular weight excluding hydrogens is 412 g/mol. The number of anilines is 6. The Morgan fingerprint density at radius 3 is 1.36 bits per heavy atom. The maximum atomic E-state index is 4.73. The zero-order valence-corrected chi connectivity index (χ0v) is 20.4. The van der Waals surface area contributed by atoms with Gasteiger partial charge in [0.05, 0.1) is 0 Å². The monoisotopic (exact) mass is 444 g/mol. The first-order valence-electron chi connectivity index (χ1n) is 11.7. The van der Waals surface area contributed by atoms with Crippen molar-refractivity contribution in [1.29, 1.82) is 0 Å². The highest BCUT2D eigenvalue weighted by atomic mass is 15.5. The number of rotatable bonds is 4. The van der Waals surface area contributed by atoms with Gasteiger partial charge in [0.2, 0.25) is 0 Å². The lowest BCUT2D eigenvalue weighted by Gasteiger charge is -2.35. The third kappa shape index (κ3) is 3.11. The van der Waals surface area contributed by atoms with Crippen molar-refractivity contribution in [2.24, 2.45) is 0 Å². The zero-order valence-electron chi connectivity index (χ0n) is 20.4. The van der Waals surface area contributed by atoms with Crippen LogP contribution in [0.1, 0.15) is 47.1 Å². The third-order valence-corrected chi connectivity index (χ3v) is 6.73. The number of hydrogen-bond donors (Lipinski definition) is 0. The molecule has 33 heavy (non-hydrogen) atoms. The molecule has 8 nitrogen and oxygen atoms in total. The van der Waals surface area contributed by atoms with E-state index in [4.69, 9.17) is 9.97 Å². The van der Waals surface area contributed by atoms with Crippen molar-refractivity contribution in [2.75, 3.05) is 19.6 Å². The average Bonchev–Trinajstić information content (AvgIpc) is 3.24. The van der Waals surface area contributed by atoms with Gasteiger partial charge in [0.15, 0.2) is 23.3 Å². The van der Waals surface area contributed by atoms with Crippen LogP contribution < -0.4 is 19.6 Å². The smallest absolute Gasteiger partial charge is 0.178 e. The number of fused-ring (bicyclic) bond motifs is 2. The van der Waals surface area contributed by atoms with Crippen molar-refractivity contribution in [2.45, 2.75) is 72.9 Å². The molecule has 1 aromatic carbocycles. The first-order chi connectivity index (χ1) is 15.8. The minimum atomic E-state index is 0.103. The maximum absolute atomic E-state index is 4.73. The van der Waals surface area contributed by atoms with Crippen molar-refractivity contribution in [3.63, 3.8) is 0 Å². The van der Waals surface area contributed by atoms with Crippen LogP contribution in [0.4, 0.5) is 34.6 Å². The van der Waals surface area contributed by atoms with E-state index in [2.05, 4.69) is 96.2 Å². The molecule has 2 aliphatic rings. The van der Waals surface area contributed by atoms with Crippen molar-refractivity contribution < 1.29 is 0 Å². The molecule has 5 rings (SSSR count). The number of hydrogen-bond acceptors (Lipinski definition) is 8. The van der Waals surface area contributed by atoms with Gasteiger partial charge in [-0.1, -0.05) is 6.07 Å². The van der Waals surface area contributed by atoms with Gasteiger partial charge in [0, 0.05) is 48.2 Å². The fourth-order valence-corrected chi connectivity index (χ4v) is 5.42. The van der Waals surface area contributed by atoms with Crippen molar-refractivity contribution in [1.82, 2.24) is 19.9 Å². The normalized spacial score (nSPS) is 19.7. The van der Waals surface area contributed by atoms with Crippen LogP contribution in [-0.4, -0.2) is 44.4 Å². The van der Waals surface area contributed by atoms with E-state index in [1.807, 2.05) is 0 Å². The van der Waals surface area contributed by atoms with Crippen LogP contribution >= 0.6 is 0 Å². The summed E-state index contributed by atoms with van der Waals surface area (Å²) in [4.78, 5) is 28.1. The maximum Gasteiger partial charge on any atom is 0.178 e. The van der Waals surface area contributed by atoms with E-state index >= 15 is 0 Å². The Labute approximate surface area is 195 Å². The van der Waals surface area contributed by atoms with Crippen molar-refractivity contribution >= 4 is 34.6 Å². The Balaban J connectivity index is 1.64. The van der Waals surface area contributed by atoms with Gasteiger partial charge in [-0.3, -0.25) is 0 Å². The molecule has 0 saturated carbocycles. The summed E-state index contributed by atoms with van der Waals surface area (Å²) < 4.78 is 0. The SMILES string of the molecule is Cc1c(N2c3nccnc3N(C(C)C)[C@@H]2C)cccc1N1c2nccnc2N(C(C)C)[C@H]1C. The second-order valence-corrected chi connectivity index (χ2v) is 9.33. The van der Waals surface area contributed by atoms with Crippen LogP contribution in [0.2, 0.25) is 0 Å². The minimum absolute atomic E-state index is 0.103. The molecular formula is C25H32N8. The lowest BCUT2D eigenvalue weighted by molar-refractivity contribution is 0.598. The Kier molecular flexibility index (Phi) is 5.11. The van der Waals surface area contributed by atoms with E-state index in [9.17, 15) is 0 Å². The van der Waals surface area contributed by atoms with Gasteiger partial charge in [0.25, 0.3) is 0 Å². The van der Waals surface area contributed by atoms with Crippen molar-refractivity contribution in [3.05, 3.63) is 48.5 Å². The summed E-state index contributed by atoms with van der Waals surface area (Å²) in [6.45, 7) is 15.4. The largest absolute Gasteiger partial charge is 0.330 e. The molecule has 8 heteroatoms. The van der Waals surface area contributed by atoms with E-state index in [0.717, 1.165) is 34.6 Å². The van der Waals surface area contributed by atoms with E-state index in [1.54, 1.807) is 24.8 Å². The Morgan fingerprint density at radius 1 is 0.636 bits per heavy atom. The molecule has 0 bridgehead atoms. The summed E-state index contributed by atoms with van der Waals surface area (Å²) in [6, 6.07) is 7.10. The first kappa shape index (κ1) is 21.4. The molecule has 0 unspecified atom stereocenters. The second kappa shape index (κ2) is 7.86. The van der Waals surface area contributed by atoms with Gasteiger partial charge in [-0.2, -0.15) is 0 Å². The van der Waals surface area contributed by atoms with Crippen molar-refractivity contribution in [3.8, 4) is 0 Å². The molecule has 0 spiro atoms. The molecule has 0 radical (unpaired) electrons. The molecule has 172 valence electrons. The van der Waals surface area contributed by atoms with Crippen LogP contribution in [0.5, 0.6) is 0 Å². The highest BCUT2D eigenvalue weighted by Crippen LogP contribution is 2.48. The van der Waals surface area contributed by atoms with E-state index in [0.29, 0.717) is 12.1 Å². The highest BCUT2D eigenvalue weighted by Gasteiger charge is 2.41. The standard InChI is InChI=1S/C25H32N8/c1-15(2)30-18(6)32(24-22(30)26-11-13-28-24)20-9-8-10-21(17(20)5)33-19(7)31(16(3)4)23-25(33)29-14-12-27-23/h8-16,18-19H,1-7H3/t18-,19+.